The number of hydrogen-bond donors (Lipinski definition) is 3. The van der Waals surface area contributed by atoms with E-state index >= 15 is 0 Å². The Morgan fingerprint density at radius 1 is 1.11 bits per heavy atom. The summed E-state index contributed by atoms with van der Waals surface area (Å²) >= 11 is 1.60. The van der Waals surface area contributed by atoms with Gasteiger partial charge in [0.05, 0.1) is 11.4 Å². The second-order valence-corrected chi connectivity index (χ2v) is 12.7. The van der Waals surface area contributed by atoms with Crippen LogP contribution in [0.1, 0.15) is 36.6 Å². The number of alkyl halides is 3. The van der Waals surface area contributed by atoms with Gasteiger partial charge >= 0.3 is 12.1 Å². The van der Waals surface area contributed by atoms with Crippen LogP contribution in [-0.4, -0.2) is 68.9 Å². The van der Waals surface area contributed by atoms with Gasteiger partial charge in [-0.05, 0) is 73.2 Å². The molecule has 4 aromatic rings. The molecule has 6 rings (SSSR count). The van der Waals surface area contributed by atoms with Crippen LogP contribution in [0.4, 0.5) is 24.9 Å². The number of nitrogens with two attached hydrogens (primary N) is 1. The summed E-state index contributed by atoms with van der Waals surface area (Å²) in [5, 5.41) is 16.9. The molecule has 1 spiro atoms. The molecule has 46 heavy (non-hydrogen) atoms. The molecule has 2 aromatic heterocycles. The van der Waals surface area contributed by atoms with Crippen molar-refractivity contribution in [2.45, 2.75) is 49.4 Å². The molecule has 2 fully saturated rings. The number of thioether (sulfide) groups is 1. The lowest BCUT2D eigenvalue weighted by atomic mass is 9.76. The van der Waals surface area contributed by atoms with E-state index in [0.717, 1.165) is 16.0 Å². The van der Waals surface area contributed by atoms with Gasteiger partial charge in [-0.3, -0.25) is 4.79 Å². The van der Waals surface area contributed by atoms with Crippen molar-refractivity contribution in [2.75, 3.05) is 36.5 Å². The summed E-state index contributed by atoms with van der Waals surface area (Å²) in [5.41, 5.74) is 8.14. The molecule has 0 radical (unpaired) electrons. The Bertz CT molecular complexity index is 1720. The van der Waals surface area contributed by atoms with Gasteiger partial charge in [-0.25, -0.2) is 4.68 Å². The maximum Gasteiger partial charge on any atom is 0.429 e. The van der Waals surface area contributed by atoms with E-state index in [1.165, 1.54) is 16.8 Å². The minimum atomic E-state index is -4.81. The number of ether oxygens (including phenoxy) is 1. The predicted molar refractivity (Wildman–Crippen MR) is 169 cm³/mol. The zero-order valence-electron chi connectivity index (χ0n) is 25.3. The number of nitrogens with zero attached hydrogens (tertiary/aromatic N) is 5. The van der Waals surface area contributed by atoms with Crippen molar-refractivity contribution in [2.24, 2.45) is 5.41 Å². The van der Waals surface area contributed by atoms with E-state index in [1.807, 2.05) is 35.4 Å². The van der Waals surface area contributed by atoms with Gasteiger partial charge in [-0.1, -0.05) is 24.3 Å². The number of carbonyl (C=O) groups is 1. The highest BCUT2D eigenvalue weighted by atomic mass is 32.2. The Morgan fingerprint density at radius 3 is 2.43 bits per heavy atom. The van der Waals surface area contributed by atoms with Crippen LogP contribution in [0.3, 0.4) is 0 Å². The SMILES string of the molecule is CSc1ccc(-c2ccc([C@@H](Oc3cc(N4CCC5(CC4)CN[C@H](C(=O)O)C5)nc(N)n3)C(F)(F)F)c(-n3ccc(C)n3)c2)cc1. The fraction of sp³-hybridized carbons (Fsp3) is 0.375. The van der Waals surface area contributed by atoms with Gasteiger partial charge in [0.2, 0.25) is 17.9 Å². The molecule has 0 unspecified atom stereocenters. The molecule has 2 aromatic carbocycles. The fourth-order valence-electron chi connectivity index (χ4n) is 6.24. The number of hydrogen-bond acceptors (Lipinski definition) is 9. The number of aryl methyl sites for hydroxylation is 1. The van der Waals surface area contributed by atoms with Crippen LogP contribution in [0.2, 0.25) is 0 Å². The van der Waals surface area contributed by atoms with Crippen molar-refractivity contribution >= 4 is 29.5 Å². The molecule has 2 saturated heterocycles. The smallest absolute Gasteiger partial charge is 0.429 e. The zero-order chi connectivity index (χ0) is 32.6. The number of rotatable bonds is 8. The van der Waals surface area contributed by atoms with E-state index in [1.54, 1.807) is 43.1 Å². The molecule has 10 nitrogen and oxygen atoms in total. The van der Waals surface area contributed by atoms with Crippen LogP contribution in [-0.2, 0) is 4.79 Å². The van der Waals surface area contributed by atoms with Gasteiger partial charge in [0.15, 0.2) is 0 Å². The first-order valence-electron chi connectivity index (χ1n) is 14.8. The van der Waals surface area contributed by atoms with E-state index in [4.69, 9.17) is 10.5 Å². The average Bonchev–Trinajstić information content (AvgIpc) is 3.66. The largest absolute Gasteiger partial charge is 0.480 e. The van der Waals surface area contributed by atoms with Crippen LogP contribution < -0.4 is 20.7 Å². The second kappa shape index (κ2) is 12.5. The molecule has 0 aliphatic carbocycles. The van der Waals surface area contributed by atoms with Gasteiger partial charge in [0.1, 0.15) is 11.9 Å². The molecule has 242 valence electrons. The maximum absolute atomic E-state index is 14.8. The summed E-state index contributed by atoms with van der Waals surface area (Å²) < 4.78 is 51.5. The highest BCUT2D eigenvalue weighted by Gasteiger charge is 2.46. The van der Waals surface area contributed by atoms with E-state index < -0.39 is 24.3 Å². The monoisotopic (exact) mass is 653 g/mol. The number of anilines is 2. The molecular weight excluding hydrogens is 619 g/mol. The summed E-state index contributed by atoms with van der Waals surface area (Å²) in [5.74, 6) is -1.03. The minimum absolute atomic E-state index is 0.138. The first-order chi connectivity index (χ1) is 21.9. The summed E-state index contributed by atoms with van der Waals surface area (Å²) in [6.07, 6.45) is -1.67. The molecule has 2 aliphatic rings. The lowest BCUT2D eigenvalue weighted by Crippen LogP contribution is -2.41. The van der Waals surface area contributed by atoms with Crippen LogP contribution in [0, 0.1) is 12.3 Å². The standard InChI is InChI=1S/C32H34F3N7O3S/c1-19-9-12-42(40-19)25-15-21(20-3-6-22(46-2)7-4-20)5-8-23(25)28(32(33,34)35)45-27-16-26(38-30(36)39-27)41-13-10-31(11-14-41)17-24(29(43)44)37-18-31/h3-9,12,15-16,24,28,37H,10-11,13-14,17-18H2,1-2H3,(H,43,44)(H2,36,38,39)/t24-,28+/m0/s1. The molecule has 0 bridgehead atoms. The van der Waals surface area contributed by atoms with Crippen molar-refractivity contribution in [3.8, 4) is 22.7 Å². The number of aliphatic carboxylic acids is 1. The quantitative estimate of drug-likeness (QED) is 0.205. The lowest BCUT2D eigenvalue weighted by Gasteiger charge is -2.39. The Labute approximate surface area is 268 Å². The summed E-state index contributed by atoms with van der Waals surface area (Å²) in [6.45, 7) is 3.44. The number of carboxylic acids is 1. The van der Waals surface area contributed by atoms with Crippen LogP contribution in [0.5, 0.6) is 5.88 Å². The van der Waals surface area contributed by atoms with Crippen LogP contribution >= 0.6 is 11.8 Å². The van der Waals surface area contributed by atoms with Crippen LogP contribution in [0.25, 0.3) is 16.8 Å². The second-order valence-electron chi connectivity index (χ2n) is 11.8. The highest BCUT2D eigenvalue weighted by Crippen LogP contribution is 2.43. The topological polar surface area (TPSA) is 131 Å². The van der Waals surface area contributed by atoms with Gasteiger partial charge in [-0.15, -0.1) is 11.8 Å². The van der Waals surface area contributed by atoms with Crippen molar-refractivity contribution in [1.29, 1.82) is 0 Å². The van der Waals surface area contributed by atoms with E-state index in [9.17, 15) is 23.1 Å². The molecule has 4 heterocycles. The van der Waals surface area contributed by atoms with Gasteiger partial charge in [0.25, 0.3) is 0 Å². The Balaban J connectivity index is 1.30. The van der Waals surface area contributed by atoms with Crippen molar-refractivity contribution in [3.05, 3.63) is 72.1 Å². The number of benzene rings is 2. The average molecular weight is 654 g/mol. The van der Waals surface area contributed by atoms with E-state index in [-0.39, 0.29) is 28.5 Å². The van der Waals surface area contributed by atoms with Gasteiger partial charge in [-0.2, -0.15) is 28.2 Å². The van der Waals surface area contributed by atoms with Crippen LogP contribution in [0.15, 0.2) is 65.7 Å². The van der Waals surface area contributed by atoms with Crippen molar-refractivity contribution in [3.63, 3.8) is 0 Å². The number of halogens is 3. The Kier molecular flexibility index (Phi) is 8.59. The molecule has 0 amide bonds. The Hall–Kier alpha value is -4.30. The summed E-state index contributed by atoms with van der Waals surface area (Å²) in [6, 6.07) is 15.0. The molecule has 4 N–H and O–H groups in total. The third-order valence-electron chi connectivity index (χ3n) is 8.75. The first-order valence-corrected chi connectivity index (χ1v) is 16.1. The zero-order valence-corrected chi connectivity index (χ0v) is 26.1. The first kappa shape index (κ1) is 31.7. The van der Waals surface area contributed by atoms with Gasteiger partial charge < -0.3 is 25.8 Å². The van der Waals surface area contributed by atoms with E-state index in [2.05, 4.69) is 20.4 Å². The number of aromatic nitrogens is 4. The fourth-order valence-corrected chi connectivity index (χ4v) is 6.65. The number of carboxylic acid groups (broad SMARTS) is 1. The number of nitrogens with one attached hydrogen (secondary N) is 1. The Morgan fingerprint density at radius 2 is 1.83 bits per heavy atom. The highest BCUT2D eigenvalue weighted by molar-refractivity contribution is 7.98. The number of piperidine rings is 1. The number of nitrogen functional groups attached to an aromatic ring is 1. The van der Waals surface area contributed by atoms with Gasteiger partial charge in [0, 0.05) is 42.4 Å². The molecule has 0 saturated carbocycles. The predicted octanol–water partition coefficient (Wildman–Crippen LogP) is 5.66. The summed E-state index contributed by atoms with van der Waals surface area (Å²) in [7, 11) is 0. The summed E-state index contributed by atoms with van der Waals surface area (Å²) in [4.78, 5) is 22.7. The third-order valence-corrected chi connectivity index (χ3v) is 9.50. The molecule has 2 atom stereocenters. The molecule has 14 heteroatoms. The van der Waals surface area contributed by atoms with Crippen molar-refractivity contribution in [1.82, 2.24) is 25.1 Å². The van der Waals surface area contributed by atoms with Crippen molar-refractivity contribution < 1.29 is 27.8 Å². The molecular formula is C32H34F3N7O3S. The lowest BCUT2D eigenvalue weighted by molar-refractivity contribution is -0.198. The third kappa shape index (κ3) is 6.63. The van der Waals surface area contributed by atoms with E-state index in [0.29, 0.717) is 50.4 Å². The molecule has 2 aliphatic heterocycles. The normalized spacial score (nSPS) is 18.5. The minimum Gasteiger partial charge on any atom is -0.480 e. The maximum atomic E-state index is 14.8.